The SMILES string of the molecule is CCOC(=O)c1csc(NC(=O)/C=C/c2ccc(C(F)(F)F)cc2)n1. The van der Waals surface area contributed by atoms with Gasteiger partial charge < -0.3 is 4.74 Å². The molecule has 1 heterocycles. The molecule has 0 bridgehead atoms. The van der Waals surface area contributed by atoms with Gasteiger partial charge in [0.25, 0.3) is 0 Å². The average molecular weight is 370 g/mol. The number of rotatable bonds is 5. The van der Waals surface area contributed by atoms with Gasteiger partial charge in [0.05, 0.1) is 12.2 Å². The predicted molar refractivity (Wildman–Crippen MR) is 87.2 cm³/mol. The maximum atomic E-state index is 12.5. The van der Waals surface area contributed by atoms with Crippen LogP contribution in [0.3, 0.4) is 0 Å². The van der Waals surface area contributed by atoms with E-state index >= 15 is 0 Å². The monoisotopic (exact) mass is 370 g/mol. The van der Waals surface area contributed by atoms with Crippen molar-refractivity contribution in [1.82, 2.24) is 4.98 Å². The molecule has 0 radical (unpaired) electrons. The van der Waals surface area contributed by atoms with Crippen molar-refractivity contribution in [2.24, 2.45) is 0 Å². The van der Waals surface area contributed by atoms with Gasteiger partial charge in [0.2, 0.25) is 5.91 Å². The van der Waals surface area contributed by atoms with Crippen LogP contribution in [0.4, 0.5) is 18.3 Å². The van der Waals surface area contributed by atoms with Crippen LogP contribution in [0.15, 0.2) is 35.7 Å². The van der Waals surface area contributed by atoms with Gasteiger partial charge >= 0.3 is 12.1 Å². The summed E-state index contributed by atoms with van der Waals surface area (Å²) in [4.78, 5) is 27.2. The predicted octanol–water partition coefficient (Wildman–Crippen LogP) is 3.99. The highest BCUT2D eigenvalue weighted by Crippen LogP contribution is 2.29. The first-order chi connectivity index (χ1) is 11.8. The lowest BCUT2D eigenvalue weighted by Gasteiger charge is -2.05. The lowest BCUT2D eigenvalue weighted by molar-refractivity contribution is -0.137. The highest BCUT2D eigenvalue weighted by molar-refractivity contribution is 7.14. The zero-order valence-electron chi connectivity index (χ0n) is 13.0. The summed E-state index contributed by atoms with van der Waals surface area (Å²) in [5.74, 6) is -1.11. The third-order valence-electron chi connectivity index (χ3n) is 2.88. The van der Waals surface area contributed by atoms with E-state index < -0.39 is 23.6 Å². The van der Waals surface area contributed by atoms with Gasteiger partial charge in [-0.2, -0.15) is 13.2 Å². The highest BCUT2D eigenvalue weighted by Gasteiger charge is 2.29. The minimum atomic E-state index is -4.40. The average Bonchev–Trinajstić information content (AvgIpc) is 3.01. The second-order valence-electron chi connectivity index (χ2n) is 4.70. The largest absolute Gasteiger partial charge is 0.461 e. The molecule has 2 rings (SSSR count). The van der Waals surface area contributed by atoms with E-state index in [1.807, 2.05) is 0 Å². The number of alkyl halides is 3. The standard InChI is InChI=1S/C16H13F3N2O3S/c1-2-24-14(23)12-9-25-15(20-12)21-13(22)8-5-10-3-6-11(7-4-10)16(17,18)19/h3-9H,2H2,1H3,(H,20,21,22)/b8-5+. The van der Waals surface area contributed by atoms with Gasteiger partial charge in [-0.1, -0.05) is 12.1 Å². The molecule has 0 aliphatic carbocycles. The summed E-state index contributed by atoms with van der Waals surface area (Å²) < 4.78 is 42.2. The second-order valence-corrected chi connectivity index (χ2v) is 5.56. The van der Waals surface area contributed by atoms with E-state index in [0.29, 0.717) is 5.56 Å². The third kappa shape index (κ3) is 5.42. The van der Waals surface area contributed by atoms with Crippen molar-refractivity contribution in [3.05, 3.63) is 52.5 Å². The first-order valence-electron chi connectivity index (χ1n) is 7.08. The summed E-state index contributed by atoms with van der Waals surface area (Å²) in [5, 5.41) is 4.12. The topological polar surface area (TPSA) is 68.3 Å². The van der Waals surface area contributed by atoms with Crippen LogP contribution in [0.2, 0.25) is 0 Å². The molecule has 1 aromatic heterocycles. The number of amides is 1. The van der Waals surface area contributed by atoms with E-state index in [0.717, 1.165) is 29.5 Å². The second kappa shape index (κ2) is 7.93. The quantitative estimate of drug-likeness (QED) is 0.638. The number of carbonyl (C=O) groups is 2. The van der Waals surface area contributed by atoms with Crippen molar-refractivity contribution < 1.29 is 27.5 Å². The molecule has 9 heteroatoms. The van der Waals surface area contributed by atoms with E-state index in [2.05, 4.69) is 10.3 Å². The Kier molecular flexibility index (Phi) is 5.92. The third-order valence-corrected chi connectivity index (χ3v) is 3.64. The van der Waals surface area contributed by atoms with Crippen LogP contribution in [0.25, 0.3) is 6.08 Å². The summed E-state index contributed by atoms with van der Waals surface area (Å²) in [6.07, 6.45) is -1.87. The van der Waals surface area contributed by atoms with Gasteiger partial charge in [-0.15, -0.1) is 11.3 Å². The summed E-state index contributed by atoms with van der Waals surface area (Å²) in [7, 11) is 0. The minimum Gasteiger partial charge on any atom is -0.461 e. The molecule has 1 N–H and O–H groups in total. The lowest BCUT2D eigenvalue weighted by atomic mass is 10.1. The fourth-order valence-electron chi connectivity index (χ4n) is 1.73. The van der Waals surface area contributed by atoms with E-state index in [-0.39, 0.29) is 17.4 Å². The molecule has 0 fully saturated rings. The molecule has 0 aliphatic rings. The molecule has 1 aromatic carbocycles. The molecular weight excluding hydrogens is 357 g/mol. The number of nitrogens with zero attached hydrogens (tertiary/aromatic N) is 1. The minimum absolute atomic E-state index is 0.0915. The number of hydrogen-bond acceptors (Lipinski definition) is 5. The van der Waals surface area contributed by atoms with Gasteiger partial charge in [0.15, 0.2) is 10.8 Å². The van der Waals surface area contributed by atoms with Crippen LogP contribution in [-0.4, -0.2) is 23.5 Å². The van der Waals surface area contributed by atoms with Crippen LogP contribution in [0.1, 0.15) is 28.5 Å². The number of anilines is 1. The molecule has 132 valence electrons. The summed E-state index contributed by atoms with van der Waals surface area (Å²) in [5.41, 5.74) is -0.230. The Balaban J connectivity index is 1.96. The number of aromatic nitrogens is 1. The normalized spacial score (nSPS) is 11.5. The Morgan fingerprint density at radius 1 is 1.28 bits per heavy atom. The molecule has 2 aromatic rings. The van der Waals surface area contributed by atoms with Crippen LogP contribution >= 0.6 is 11.3 Å². The number of hydrogen-bond donors (Lipinski definition) is 1. The van der Waals surface area contributed by atoms with Crippen molar-refractivity contribution in [1.29, 1.82) is 0 Å². The summed E-state index contributed by atoms with van der Waals surface area (Å²) in [6.45, 7) is 1.88. The maximum Gasteiger partial charge on any atom is 0.416 e. The van der Waals surface area contributed by atoms with Crippen LogP contribution < -0.4 is 5.32 Å². The number of benzene rings is 1. The molecule has 0 saturated heterocycles. The van der Waals surface area contributed by atoms with Gasteiger partial charge in [-0.3, -0.25) is 10.1 Å². The molecule has 0 spiro atoms. The van der Waals surface area contributed by atoms with Crippen LogP contribution in [-0.2, 0) is 15.7 Å². The van der Waals surface area contributed by atoms with Crippen molar-refractivity contribution in [3.63, 3.8) is 0 Å². The van der Waals surface area contributed by atoms with E-state index in [9.17, 15) is 22.8 Å². The first-order valence-corrected chi connectivity index (χ1v) is 7.96. The van der Waals surface area contributed by atoms with E-state index in [4.69, 9.17) is 4.74 Å². The van der Waals surface area contributed by atoms with E-state index in [1.165, 1.54) is 23.6 Å². The molecular formula is C16H13F3N2O3S. The Bertz CT molecular complexity index is 783. The molecule has 0 saturated carbocycles. The van der Waals surface area contributed by atoms with Crippen molar-refractivity contribution >= 4 is 34.4 Å². The Labute approximate surface area is 145 Å². The van der Waals surface area contributed by atoms with Gasteiger partial charge in [0.1, 0.15) is 0 Å². The number of ether oxygens (including phenoxy) is 1. The van der Waals surface area contributed by atoms with Gasteiger partial charge in [-0.05, 0) is 30.7 Å². The highest BCUT2D eigenvalue weighted by atomic mass is 32.1. The fraction of sp³-hybridized carbons (Fsp3) is 0.188. The summed E-state index contributed by atoms with van der Waals surface area (Å²) >= 11 is 1.06. The summed E-state index contributed by atoms with van der Waals surface area (Å²) in [6, 6.07) is 4.39. The smallest absolute Gasteiger partial charge is 0.416 e. The molecule has 1 amide bonds. The van der Waals surface area contributed by atoms with Gasteiger partial charge in [-0.25, -0.2) is 9.78 Å². The van der Waals surface area contributed by atoms with Gasteiger partial charge in [0, 0.05) is 11.5 Å². The number of halogens is 3. The van der Waals surface area contributed by atoms with Crippen LogP contribution in [0.5, 0.6) is 0 Å². The Hall–Kier alpha value is -2.68. The Morgan fingerprint density at radius 3 is 2.56 bits per heavy atom. The number of nitrogens with one attached hydrogen (secondary N) is 1. The molecule has 0 unspecified atom stereocenters. The molecule has 25 heavy (non-hydrogen) atoms. The van der Waals surface area contributed by atoms with Crippen molar-refractivity contribution in [2.75, 3.05) is 11.9 Å². The lowest BCUT2D eigenvalue weighted by Crippen LogP contribution is -2.09. The van der Waals surface area contributed by atoms with E-state index in [1.54, 1.807) is 6.92 Å². The van der Waals surface area contributed by atoms with Crippen molar-refractivity contribution in [3.8, 4) is 0 Å². The number of thiazole rings is 1. The Morgan fingerprint density at radius 2 is 1.96 bits per heavy atom. The van der Waals surface area contributed by atoms with Crippen molar-refractivity contribution in [2.45, 2.75) is 13.1 Å². The molecule has 0 aliphatic heterocycles. The molecule has 5 nitrogen and oxygen atoms in total. The first kappa shape index (κ1) is 18.7. The number of esters is 1. The van der Waals surface area contributed by atoms with Crippen LogP contribution in [0, 0.1) is 0 Å². The maximum absolute atomic E-state index is 12.5. The fourth-order valence-corrected chi connectivity index (χ4v) is 2.41. The zero-order valence-corrected chi connectivity index (χ0v) is 13.8. The molecule has 0 atom stereocenters. The zero-order chi connectivity index (χ0) is 18.4. The number of carbonyl (C=O) groups excluding carboxylic acids is 2.